The highest BCUT2D eigenvalue weighted by Crippen LogP contribution is 2.30. The summed E-state index contributed by atoms with van der Waals surface area (Å²) in [5.74, 6) is 0.848. The molecule has 3 nitrogen and oxygen atoms in total. The van der Waals surface area contributed by atoms with Crippen LogP contribution in [0.5, 0.6) is 0 Å². The molecule has 0 aromatic carbocycles. The van der Waals surface area contributed by atoms with E-state index < -0.39 is 0 Å². The third-order valence-electron chi connectivity index (χ3n) is 2.44. The fourth-order valence-corrected chi connectivity index (χ4v) is 1.74. The molecule has 1 aliphatic heterocycles. The summed E-state index contributed by atoms with van der Waals surface area (Å²) in [6, 6.07) is 0.0282. The first-order valence-electron chi connectivity index (χ1n) is 4.19. The predicted octanol–water partition coefficient (Wildman–Crippen LogP) is 0.968. The van der Waals surface area contributed by atoms with Crippen LogP contribution in [0.1, 0.15) is 13.3 Å². The molecule has 0 aliphatic carbocycles. The highest BCUT2D eigenvalue weighted by molar-refractivity contribution is 7.80. The van der Waals surface area contributed by atoms with Crippen LogP contribution in [0.3, 0.4) is 0 Å². The van der Waals surface area contributed by atoms with Crippen LogP contribution in [0, 0.1) is 5.41 Å². The second kappa shape index (κ2) is 3.56. The van der Waals surface area contributed by atoms with Crippen molar-refractivity contribution in [3.63, 3.8) is 0 Å². The van der Waals surface area contributed by atoms with Crippen LogP contribution in [0.4, 0.5) is 4.79 Å². The topological polar surface area (TPSA) is 32.3 Å². The maximum Gasteiger partial charge on any atom is 0.317 e. The van der Waals surface area contributed by atoms with Crippen molar-refractivity contribution < 1.29 is 4.79 Å². The minimum Gasteiger partial charge on any atom is -0.341 e. The van der Waals surface area contributed by atoms with Gasteiger partial charge >= 0.3 is 6.03 Å². The van der Waals surface area contributed by atoms with Crippen LogP contribution in [0.25, 0.3) is 0 Å². The van der Waals surface area contributed by atoms with Crippen molar-refractivity contribution >= 4 is 18.7 Å². The van der Waals surface area contributed by atoms with Crippen molar-refractivity contribution in [3.05, 3.63) is 0 Å². The van der Waals surface area contributed by atoms with E-state index in [4.69, 9.17) is 0 Å². The number of carbonyl (C=O) groups excluding carboxylic acids is 1. The summed E-state index contributed by atoms with van der Waals surface area (Å²) in [6.07, 6.45) is 1.06. The van der Waals surface area contributed by atoms with Crippen molar-refractivity contribution in [2.24, 2.45) is 5.41 Å². The molecule has 0 aromatic rings. The molecule has 1 saturated heterocycles. The Labute approximate surface area is 78.9 Å². The summed E-state index contributed by atoms with van der Waals surface area (Å²) in [7, 11) is 1.67. The number of rotatable bonds is 1. The molecule has 1 aliphatic rings. The molecule has 1 rings (SSSR count). The van der Waals surface area contributed by atoms with Gasteiger partial charge in [-0.05, 0) is 17.6 Å². The minimum atomic E-state index is 0.0282. The number of carbonyl (C=O) groups is 1. The largest absolute Gasteiger partial charge is 0.341 e. The number of nitrogens with zero attached hydrogens (tertiary/aromatic N) is 1. The van der Waals surface area contributed by atoms with Crippen LogP contribution in [-0.4, -0.2) is 36.8 Å². The maximum absolute atomic E-state index is 11.2. The van der Waals surface area contributed by atoms with Gasteiger partial charge in [0.25, 0.3) is 0 Å². The van der Waals surface area contributed by atoms with E-state index in [9.17, 15) is 4.79 Å². The third kappa shape index (κ3) is 1.86. The van der Waals surface area contributed by atoms with Gasteiger partial charge in [0, 0.05) is 20.1 Å². The minimum absolute atomic E-state index is 0.0282. The smallest absolute Gasteiger partial charge is 0.317 e. The first-order valence-corrected chi connectivity index (χ1v) is 4.82. The molecule has 70 valence electrons. The number of thiol groups is 1. The van der Waals surface area contributed by atoms with E-state index in [1.807, 2.05) is 4.90 Å². The Morgan fingerprint density at radius 3 is 2.83 bits per heavy atom. The first kappa shape index (κ1) is 9.71. The van der Waals surface area contributed by atoms with Gasteiger partial charge in [0.1, 0.15) is 0 Å². The lowest BCUT2D eigenvalue weighted by Gasteiger charge is -2.21. The van der Waals surface area contributed by atoms with E-state index in [1.165, 1.54) is 0 Å². The third-order valence-corrected chi connectivity index (χ3v) is 3.20. The van der Waals surface area contributed by atoms with Crippen molar-refractivity contribution in [3.8, 4) is 0 Å². The Balaban J connectivity index is 2.50. The molecule has 0 radical (unpaired) electrons. The average Bonchev–Trinajstić information content (AvgIpc) is 2.48. The summed E-state index contributed by atoms with van der Waals surface area (Å²) in [4.78, 5) is 13.1. The van der Waals surface area contributed by atoms with Gasteiger partial charge in [-0.15, -0.1) is 0 Å². The van der Waals surface area contributed by atoms with Crippen molar-refractivity contribution in [2.45, 2.75) is 13.3 Å². The Kier molecular flexibility index (Phi) is 2.88. The van der Waals surface area contributed by atoms with E-state index in [0.29, 0.717) is 0 Å². The van der Waals surface area contributed by atoms with Crippen molar-refractivity contribution in [1.29, 1.82) is 0 Å². The Morgan fingerprint density at radius 1 is 1.75 bits per heavy atom. The summed E-state index contributed by atoms with van der Waals surface area (Å²) in [6.45, 7) is 3.86. The fourth-order valence-electron chi connectivity index (χ4n) is 1.48. The number of amides is 2. The zero-order chi connectivity index (χ0) is 9.19. The van der Waals surface area contributed by atoms with Crippen LogP contribution < -0.4 is 5.32 Å². The molecule has 1 N–H and O–H groups in total. The molecule has 0 spiro atoms. The number of hydrogen-bond donors (Lipinski definition) is 2. The standard InChI is InChI=1S/C8H16N2OS/c1-8(6-12)3-4-10(5-8)7(11)9-2/h12H,3-6H2,1-2H3,(H,9,11). The fraction of sp³-hybridized carbons (Fsp3) is 0.875. The van der Waals surface area contributed by atoms with Gasteiger partial charge in [-0.1, -0.05) is 6.92 Å². The van der Waals surface area contributed by atoms with E-state index in [-0.39, 0.29) is 11.4 Å². The van der Waals surface area contributed by atoms with Crippen LogP contribution in [-0.2, 0) is 0 Å². The molecule has 4 heteroatoms. The Hall–Kier alpha value is -0.380. The maximum atomic E-state index is 11.2. The van der Waals surface area contributed by atoms with Crippen molar-refractivity contribution in [2.75, 3.05) is 25.9 Å². The van der Waals surface area contributed by atoms with Gasteiger partial charge in [0.15, 0.2) is 0 Å². The van der Waals surface area contributed by atoms with Gasteiger partial charge in [-0.3, -0.25) is 0 Å². The second-order valence-electron chi connectivity index (χ2n) is 3.70. The van der Waals surface area contributed by atoms with Crippen LogP contribution in [0.15, 0.2) is 0 Å². The summed E-state index contributed by atoms with van der Waals surface area (Å²) >= 11 is 4.28. The van der Waals surface area contributed by atoms with Crippen LogP contribution >= 0.6 is 12.6 Å². The highest BCUT2D eigenvalue weighted by atomic mass is 32.1. The van der Waals surface area contributed by atoms with Gasteiger partial charge in [0.2, 0.25) is 0 Å². The molecule has 0 saturated carbocycles. The van der Waals surface area contributed by atoms with Gasteiger partial charge < -0.3 is 10.2 Å². The van der Waals surface area contributed by atoms with Gasteiger partial charge in [0.05, 0.1) is 0 Å². The zero-order valence-corrected chi connectivity index (χ0v) is 8.53. The predicted molar refractivity (Wildman–Crippen MR) is 52.6 cm³/mol. The molecule has 0 bridgehead atoms. The van der Waals surface area contributed by atoms with Gasteiger partial charge in [-0.25, -0.2) is 4.79 Å². The molecule has 0 aromatic heterocycles. The number of urea groups is 1. The lowest BCUT2D eigenvalue weighted by Crippen LogP contribution is -2.37. The quantitative estimate of drug-likeness (QED) is 0.590. The molecule has 1 unspecified atom stereocenters. The number of hydrogen-bond acceptors (Lipinski definition) is 2. The number of nitrogens with one attached hydrogen (secondary N) is 1. The van der Waals surface area contributed by atoms with Crippen molar-refractivity contribution in [1.82, 2.24) is 10.2 Å². The summed E-state index contributed by atoms with van der Waals surface area (Å²) < 4.78 is 0. The van der Waals surface area contributed by atoms with E-state index >= 15 is 0 Å². The second-order valence-corrected chi connectivity index (χ2v) is 4.01. The normalized spacial score (nSPS) is 29.1. The molecular formula is C8H16N2OS. The lowest BCUT2D eigenvalue weighted by molar-refractivity contribution is 0.206. The number of likely N-dealkylation sites (tertiary alicyclic amines) is 1. The molecule has 1 atom stereocenters. The molecule has 12 heavy (non-hydrogen) atoms. The molecular weight excluding hydrogens is 172 g/mol. The highest BCUT2D eigenvalue weighted by Gasteiger charge is 2.34. The zero-order valence-electron chi connectivity index (χ0n) is 7.63. The Bertz CT molecular complexity index is 186. The Morgan fingerprint density at radius 2 is 2.42 bits per heavy atom. The van der Waals surface area contributed by atoms with E-state index in [2.05, 4.69) is 24.9 Å². The lowest BCUT2D eigenvalue weighted by atomic mass is 9.93. The summed E-state index contributed by atoms with van der Waals surface area (Å²) in [5.41, 5.74) is 0.218. The van der Waals surface area contributed by atoms with E-state index in [0.717, 1.165) is 25.3 Å². The van der Waals surface area contributed by atoms with Crippen LogP contribution in [0.2, 0.25) is 0 Å². The SMILES string of the molecule is CNC(=O)N1CCC(C)(CS)C1. The first-order chi connectivity index (χ1) is 5.61. The molecule has 1 fully saturated rings. The average molecular weight is 188 g/mol. The molecule has 2 amide bonds. The molecule has 1 heterocycles. The summed E-state index contributed by atoms with van der Waals surface area (Å²) in [5, 5.41) is 2.63. The van der Waals surface area contributed by atoms with E-state index in [1.54, 1.807) is 7.05 Å². The van der Waals surface area contributed by atoms with Gasteiger partial charge in [-0.2, -0.15) is 12.6 Å². The monoisotopic (exact) mass is 188 g/mol.